The monoisotopic (exact) mass is 353 g/mol. The predicted molar refractivity (Wildman–Crippen MR) is 80.2 cm³/mol. The summed E-state index contributed by atoms with van der Waals surface area (Å²) in [6.45, 7) is 1.41. The normalized spacial score (nSPS) is 16.8. The highest BCUT2D eigenvalue weighted by Gasteiger charge is 2.36. The number of nitrogens with one attached hydrogen (secondary N) is 1. The molecule has 0 saturated heterocycles. The summed E-state index contributed by atoms with van der Waals surface area (Å²) in [4.78, 5) is 19.5. The van der Waals surface area contributed by atoms with E-state index in [-0.39, 0.29) is 31.0 Å². The van der Waals surface area contributed by atoms with Crippen molar-refractivity contribution in [2.24, 2.45) is 0 Å². The van der Waals surface area contributed by atoms with Crippen LogP contribution in [0.15, 0.2) is 23.0 Å². The molecule has 0 unspecified atom stereocenters. The Balaban J connectivity index is 1.58. The molecule has 0 spiro atoms. The lowest BCUT2D eigenvalue weighted by atomic mass is 10.1. The fourth-order valence-corrected chi connectivity index (χ4v) is 3.11. The zero-order valence-electron chi connectivity index (χ0n) is 13.0. The zero-order valence-corrected chi connectivity index (χ0v) is 13.0. The number of alkyl halides is 3. The third-order valence-corrected chi connectivity index (χ3v) is 4.29. The Hall–Kier alpha value is -2.55. The first kappa shape index (κ1) is 15.9. The standard InChI is InChI=1S/C16H14F3N3O3/c17-16(18,19)15-20-11-4-5-22(7-10(11)14(23)21-15)6-9-2-1-3-12-13(9)25-8-24-12/h1-3H,4-8H2,(H,20,21,23). The van der Waals surface area contributed by atoms with Crippen molar-refractivity contribution in [2.75, 3.05) is 13.3 Å². The lowest BCUT2D eigenvalue weighted by molar-refractivity contribution is -0.145. The van der Waals surface area contributed by atoms with Crippen molar-refractivity contribution in [1.82, 2.24) is 14.9 Å². The molecule has 0 radical (unpaired) electrons. The van der Waals surface area contributed by atoms with Gasteiger partial charge in [-0.1, -0.05) is 12.1 Å². The highest BCUT2D eigenvalue weighted by Crippen LogP contribution is 2.36. The summed E-state index contributed by atoms with van der Waals surface area (Å²) in [6.07, 6.45) is -4.37. The molecule has 1 aromatic carbocycles. The largest absolute Gasteiger partial charge is 0.454 e. The van der Waals surface area contributed by atoms with Gasteiger partial charge in [-0.2, -0.15) is 13.2 Å². The van der Waals surface area contributed by atoms with E-state index < -0.39 is 17.6 Å². The Morgan fingerprint density at radius 2 is 2.12 bits per heavy atom. The Labute approximate surface area is 140 Å². The van der Waals surface area contributed by atoms with Crippen LogP contribution in [0.1, 0.15) is 22.6 Å². The number of benzene rings is 1. The van der Waals surface area contributed by atoms with Gasteiger partial charge in [0.05, 0.1) is 11.3 Å². The van der Waals surface area contributed by atoms with E-state index >= 15 is 0 Å². The molecule has 4 rings (SSSR count). The van der Waals surface area contributed by atoms with Gasteiger partial charge >= 0.3 is 6.18 Å². The molecule has 2 aliphatic heterocycles. The van der Waals surface area contributed by atoms with Crippen LogP contribution in [-0.4, -0.2) is 28.2 Å². The molecule has 0 amide bonds. The van der Waals surface area contributed by atoms with Gasteiger partial charge in [0.15, 0.2) is 11.5 Å². The quantitative estimate of drug-likeness (QED) is 0.895. The van der Waals surface area contributed by atoms with Crippen molar-refractivity contribution >= 4 is 0 Å². The molecule has 2 aliphatic rings. The van der Waals surface area contributed by atoms with E-state index in [0.717, 1.165) is 5.56 Å². The van der Waals surface area contributed by atoms with E-state index in [9.17, 15) is 18.0 Å². The molecule has 0 saturated carbocycles. The number of para-hydroxylation sites is 1. The summed E-state index contributed by atoms with van der Waals surface area (Å²) in [5.41, 5.74) is 0.670. The van der Waals surface area contributed by atoms with Crippen LogP contribution in [0.25, 0.3) is 0 Å². The first-order chi connectivity index (χ1) is 11.9. The Kier molecular flexibility index (Phi) is 3.68. The second-order valence-corrected chi connectivity index (χ2v) is 5.95. The fourth-order valence-electron chi connectivity index (χ4n) is 3.11. The maximum Gasteiger partial charge on any atom is 0.449 e. The van der Waals surface area contributed by atoms with Gasteiger partial charge in [0.2, 0.25) is 12.6 Å². The predicted octanol–water partition coefficient (Wildman–Crippen LogP) is 2.08. The van der Waals surface area contributed by atoms with Gasteiger partial charge in [-0.3, -0.25) is 9.69 Å². The highest BCUT2D eigenvalue weighted by atomic mass is 19.4. The zero-order chi connectivity index (χ0) is 17.6. The summed E-state index contributed by atoms with van der Waals surface area (Å²) in [6, 6.07) is 5.56. The maximum absolute atomic E-state index is 12.8. The van der Waals surface area contributed by atoms with Crippen molar-refractivity contribution in [3.05, 3.63) is 51.2 Å². The number of fused-ring (bicyclic) bond motifs is 2. The van der Waals surface area contributed by atoms with Gasteiger partial charge in [-0.25, -0.2) is 4.98 Å². The number of H-pyrrole nitrogens is 1. The fraction of sp³-hybridized carbons (Fsp3) is 0.375. The molecular weight excluding hydrogens is 339 g/mol. The van der Waals surface area contributed by atoms with Gasteiger partial charge < -0.3 is 14.5 Å². The van der Waals surface area contributed by atoms with Crippen molar-refractivity contribution in [1.29, 1.82) is 0 Å². The summed E-state index contributed by atoms with van der Waals surface area (Å²) < 4.78 is 49.1. The third kappa shape index (κ3) is 2.95. The molecule has 0 bridgehead atoms. The van der Waals surface area contributed by atoms with E-state index in [1.165, 1.54) is 0 Å². The van der Waals surface area contributed by atoms with Crippen molar-refractivity contribution < 1.29 is 22.6 Å². The molecule has 0 atom stereocenters. The lowest BCUT2D eigenvalue weighted by Crippen LogP contribution is -2.36. The average molecular weight is 353 g/mol. The summed E-state index contributed by atoms with van der Waals surface area (Å²) >= 11 is 0. The van der Waals surface area contributed by atoms with E-state index in [1.54, 1.807) is 0 Å². The van der Waals surface area contributed by atoms with E-state index in [0.29, 0.717) is 24.6 Å². The summed E-state index contributed by atoms with van der Waals surface area (Å²) in [5, 5.41) is 0. The van der Waals surface area contributed by atoms with Crippen molar-refractivity contribution in [3.8, 4) is 11.5 Å². The van der Waals surface area contributed by atoms with Gasteiger partial charge in [-0.05, 0) is 6.07 Å². The van der Waals surface area contributed by atoms with Crippen molar-refractivity contribution in [2.45, 2.75) is 25.7 Å². The molecule has 1 N–H and O–H groups in total. The topological polar surface area (TPSA) is 67.5 Å². The molecule has 3 heterocycles. The molecule has 25 heavy (non-hydrogen) atoms. The van der Waals surface area contributed by atoms with E-state index in [4.69, 9.17) is 9.47 Å². The molecule has 132 valence electrons. The minimum atomic E-state index is -4.66. The molecular formula is C16H14F3N3O3. The first-order valence-corrected chi connectivity index (χ1v) is 7.71. The van der Waals surface area contributed by atoms with Gasteiger partial charge in [-0.15, -0.1) is 0 Å². The van der Waals surface area contributed by atoms with Gasteiger partial charge in [0.1, 0.15) is 0 Å². The minimum absolute atomic E-state index is 0.166. The highest BCUT2D eigenvalue weighted by molar-refractivity contribution is 5.48. The van der Waals surface area contributed by atoms with Crippen LogP contribution in [0, 0.1) is 0 Å². The molecule has 0 fully saturated rings. The SMILES string of the molecule is O=c1[nH]c(C(F)(F)F)nc2c1CN(Cc1cccc3c1OCO3)CC2. The van der Waals surface area contributed by atoms with Crippen LogP contribution in [0.3, 0.4) is 0 Å². The number of rotatable bonds is 2. The minimum Gasteiger partial charge on any atom is -0.454 e. The second kappa shape index (κ2) is 5.76. The summed E-state index contributed by atoms with van der Waals surface area (Å²) in [7, 11) is 0. The first-order valence-electron chi connectivity index (χ1n) is 7.71. The van der Waals surface area contributed by atoms with Crippen LogP contribution in [0.4, 0.5) is 13.2 Å². The van der Waals surface area contributed by atoms with Crippen molar-refractivity contribution in [3.63, 3.8) is 0 Å². The summed E-state index contributed by atoms with van der Waals surface area (Å²) in [5.74, 6) is 0.105. The number of ether oxygens (including phenoxy) is 2. The number of aromatic nitrogens is 2. The number of hydrogen-bond acceptors (Lipinski definition) is 5. The smallest absolute Gasteiger partial charge is 0.449 e. The van der Waals surface area contributed by atoms with Crippen LogP contribution in [0.2, 0.25) is 0 Å². The number of aromatic amines is 1. The maximum atomic E-state index is 12.8. The second-order valence-electron chi connectivity index (χ2n) is 5.95. The number of hydrogen-bond donors (Lipinski definition) is 1. The molecule has 6 nitrogen and oxygen atoms in total. The van der Waals surface area contributed by atoms with Crippen LogP contribution < -0.4 is 15.0 Å². The van der Waals surface area contributed by atoms with Gasteiger partial charge in [0.25, 0.3) is 5.56 Å². The molecule has 0 aliphatic carbocycles. The van der Waals surface area contributed by atoms with E-state index in [1.807, 2.05) is 28.1 Å². The number of halogens is 3. The van der Waals surface area contributed by atoms with E-state index in [2.05, 4.69) is 4.98 Å². The van der Waals surface area contributed by atoms with Crippen LogP contribution >= 0.6 is 0 Å². The Morgan fingerprint density at radius 1 is 1.28 bits per heavy atom. The van der Waals surface area contributed by atoms with Crippen LogP contribution in [0.5, 0.6) is 11.5 Å². The average Bonchev–Trinajstić information content (AvgIpc) is 3.04. The molecule has 2 aromatic rings. The molecule has 9 heteroatoms. The van der Waals surface area contributed by atoms with Crippen LogP contribution in [-0.2, 0) is 25.7 Å². The number of nitrogens with zero attached hydrogens (tertiary/aromatic N) is 2. The molecule has 1 aromatic heterocycles. The van der Waals surface area contributed by atoms with Gasteiger partial charge in [0, 0.05) is 31.6 Å². The Bertz CT molecular complexity index is 879. The third-order valence-electron chi connectivity index (χ3n) is 4.29. The Morgan fingerprint density at radius 3 is 2.92 bits per heavy atom. The lowest BCUT2D eigenvalue weighted by Gasteiger charge is -2.28.